The standard InChI is InChI=1S/C18H11ClS/c19-15-11-10-13(12-6-2-1-3-7-12)17-14-8-4-5-9-16(14)20-18(15)17/h1-11H. The molecule has 0 aliphatic heterocycles. The van der Waals surface area contributed by atoms with Gasteiger partial charge in [-0.3, -0.25) is 0 Å². The number of rotatable bonds is 1. The average Bonchev–Trinajstić information content (AvgIpc) is 2.89. The van der Waals surface area contributed by atoms with Crippen molar-refractivity contribution in [2.24, 2.45) is 0 Å². The van der Waals surface area contributed by atoms with E-state index in [2.05, 4.69) is 54.6 Å². The Kier molecular flexibility index (Phi) is 2.76. The van der Waals surface area contributed by atoms with E-state index < -0.39 is 0 Å². The van der Waals surface area contributed by atoms with Crippen LogP contribution in [0.2, 0.25) is 5.02 Å². The third-order valence-electron chi connectivity index (χ3n) is 3.56. The minimum atomic E-state index is 0.834. The lowest BCUT2D eigenvalue weighted by Gasteiger charge is -2.05. The maximum atomic E-state index is 6.40. The quantitative estimate of drug-likeness (QED) is 0.382. The molecule has 4 aromatic rings. The number of fused-ring (bicyclic) bond motifs is 3. The fourth-order valence-electron chi connectivity index (χ4n) is 2.65. The zero-order chi connectivity index (χ0) is 13.5. The number of thiophene rings is 1. The van der Waals surface area contributed by atoms with E-state index in [-0.39, 0.29) is 0 Å². The molecule has 4 rings (SSSR count). The predicted octanol–water partition coefficient (Wildman–Crippen LogP) is 6.37. The van der Waals surface area contributed by atoms with Crippen LogP contribution >= 0.6 is 22.9 Å². The van der Waals surface area contributed by atoms with Gasteiger partial charge >= 0.3 is 0 Å². The van der Waals surface area contributed by atoms with Crippen molar-refractivity contribution in [1.29, 1.82) is 0 Å². The lowest BCUT2D eigenvalue weighted by molar-refractivity contribution is 1.67. The Labute approximate surface area is 126 Å². The Hall–Kier alpha value is -1.83. The van der Waals surface area contributed by atoms with E-state index >= 15 is 0 Å². The monoisotopic (exact) mass is 294 g/mol. The highest BCUT2D eigenvalue weighted by molar-refractivity contribution is 7.26. The van der Waals surface area contributed by atoms with Gasteiger partial charge in [-0.15, -0.1) is 11.3 Å². The van der Waals surface area contributed by atoms with Gasteiger partial charge in [0.05, 0.1) is 9.72 Å². The summed E-state index contributed by atoms with van der Waals surface area (Å²) in [5, 5.41) is 3.39. The van der Waals surface area contributed by atoms with E-state index in [1.165, 1.54) is 31.3 Å². The van der Waals surface area contributed by atoms with Crippen LogP contribution in [0.3, 0.4) is 0 Å². The van der Waals surface area contributed by atoms with Gasteiger partial charge in [0.15, 0.2) is 0 Å². The summed E-state index contributed by atoms with van der Waals surface area (Å²) in [4.78, 5) is 0. The van der Waals surface area contributed by atoms with Crippen molar-refractivity contribution in [2.75, 3.05) is 0 Å². The molecule has 0 fully saturated rings. The lowest BCUT2D eigenvalue weighted by atomic mass is 10.00. The first-order chi connectivity index (χ1) is 9.84. The van der Waals surface area contributed by atoms with Crippen LogP contribution in [-0.2, 0) is 0 Å². The van der Waals surface area contributed by atoms with Crippen LogP contribution in [0.1, 0.15) is 0 Å². The first kappa shape index (κ1) is 12.0. The molecule has 0 unspecified atom stereocenters. The summed E-state index contributed by atoms with van der Waals surface area (Å²) in [7, 11) is 0. The van der Waals surface area contributed by atoms with Crippen molar-refractivity contribution >= 4 is 43.1 Å². The number of halogens is 1. The van der Waals surface area contributed by atoms with Gasteiger partial charge < -0.3 is 0 Å². The molecule has 2 heteroatoms. The van der Waals surface area contributed by atoms with Crippen LogP contribution in [-0.4, -0.2) is 0 Å². The fraction of sp³-hybridized carbons (Fsp3) is 0. The minimum absolute atomic E-state index is 0.834. The molecule has 0 saturated heterocycles. The van der Waals surface area contributed by atoms with Crippen molar-refractivity contribution in [1.82, 2.24) is 0 Å². The van der Waals surface area contributed by atoms with Gasteiger partial charge in [0.1, 0.15) is 0 Å². The van der Waals surface area contributed by atoms with Gasteiger partial charge in [-0.1, -0.05) is 66.2 Å². The normalized spacial score (nSPS) is 11.2. The third-order valence-corrected chi connectivity index (χ3v) is 5.19. The van der Waals surface area contributed by atoms with Gasteiger partial charge in [0.2, 0.25) is 0 Å². The Morgan fingerprint density at radius 3 is 2.35 bits per heavy atom. The molecule has 0 atom stereocenters. The molecule has 1 aromatic heterocycles. The maximum Gasteiger partial charge on any atom is 0.0585 e. The number of benzene rings is 3. The fourth-order valence-corrected chi connectivity index (χ4v) is 4.06. The second-order valence-corrected chi connectivity index (χ2v) is 6.22. The zero-order valence-electron chi connectivity index (χ0n) is 10.6. The Morgan fingerprint density at radius 2 is 1.50 bits per heavy atom. The molecule has 1 heterocycles. The van der Waals surface area contributed by atoms with E-state index in [1.54, 1.807) is 11.3 Å². The van der Waals surface area contributed by atoms with Crippen molar-refractivity contribution in [3.8, 4) is 11.1 Å². The van der Waals surface area contributed by atoms with E-state index in [9.17, 15) is 0 Å². The van der Waals surface area contributed by atoms with Crippen molar-refractivity contribution in [2.45, 2.75) is 0 Å². The highest BCUT2D eigenvalue weighted by Crippen LogP contribution is 2.42. The predicted molar refractivity (Wildman–Crippen MR) is 89.8 cm³/mol. The second kappa shape index (κ2) is 4.62. The van der Waals surface area contributed by atoms with Crippen LogP contribution in [0.25, 0.3) is 31.3 Å². The molecule has 96 valence electrons. The summed E-state index contributed by atoms with van der Waals surface area (Å²) in [6, 6.07) is 23.1. The van der Waals surface area contributed by atoms with Gasteiger partial charge in [0.25, 0.3) is 0 Å². The smallest absolute Gasteiger partial charge is 0.0585 e. The molecular formula is C18H11ClS. The summed E-state index contributed by atoms with van der Waals surface area (Å²) < 4.78 is 2.46. The van der Waals surface area contributed by atoms with Crippen LogP contribution < -0.4 is 0 Å². The van der Waals surface area contributed by atoms with E-state index in [0.29, 0.717) is 0 Å². The highest BCUT2D eigenvalue weighted by atomic mass is 35.5. The van der Waals surface area contributed by atoms with Gasteiger partial charge in [0, 0.05) is 15.5 Å². The van der Waals surface area contributed by atoms with Crippen LogP contribution in [0.5, 0.6) is 0 Å². The minimum Gasteiger partial charge on any atom is -0.134 e. The Morgan fingerprint density at radius 1 is 0.750 bits per heavy atom. The first-order valence-corrected chi connectivity index (χ1v) is 7.69. The molecule has 0 amide bonds. The van der Waals surface area contributed by atoms with Crippen LogP contribution in [0.4, 0.5) is 0 Å². The number of hydrogen-bond acceptors (Lipinski definition) is 1. The maximum absolute atomic E-state index is 6.40. The Bertz CT molecular complexity index is 907. The van der Waals surface area contributed by atoms with E-state index in [4.69, 9.17) is 11.6 Å². The summed E-state index contributed by atoms with van der Waals surface area (Å²) in [6.07, 6.45) is 0. The van der Waals surface area contributed by atoms with Gasteiger partial charge in [-0.2, -0.15) is 0 Å². The summed E-state index contributed by atoms with van der Waals surface area (Å²) >= 11 is 8.16. The van der Waals surface area contributed by atoms with E-state index in [1.807, 2.05) is 12.1 Å². The molecule has 0 saturated carbocycles. The van der Waals surface area contributed by atoms with Crippen molar-refractivity contribution in [3.05, 3.63) is 71.8 Å². The summed E-state index contributed by atoms with van der Waals surface area (Å²) in [6.45, 7) is 0. The van der Waals surface area contributed by atoms with E-state index in [0.717, 1.165) is 5.02 Å². The molecule has 0 spiro atoms. The number of hydrogen-bond donors (Lipinski definition) is 0. The second-order valence-electron chi connectivity index (χ2n) is 4.76. The van der Waals surface area contributed by atoms with Crippen LogP contribution in [0.15, 0.2) is 66.7 Å². The molecule has 0 aliphatic carbocycles. The topological polar surface area (TPSA) is 0 Å². The lowest BCUT2D eigenvalue weighted by Crippen LogP contribution is -1.79. The highest BCUT2D eigenvalue weighted by Gasteiger charge is 2.12. The SMILES string of the molecule is Clc1ccc(-c2ccccc2)c2c1sc1ccccc12. The summed E-state index contributed by atoms with van der Waals surface area (Å²) in [5.41, 5.74) is 2.49. The molecule has 0 radical (unpaired) electrons. The van der Waals surface area contributed by atoms with Crippen molar-refractivity contribution in [3.63, 3.8) is 0 Å². The first-order valence-electron chi connectivity index (χ1n) is 6.50. The zero-order valence-corrected chi connectivity index (χ0v) is 12.2. The molecule has 20 heavy (non-hydrogen) atoms. The molecule has 0 nitrogen and oxygen atoms in total. The van der Waals surface area contributed by atoms with Crippen molar-refractivity contribution < 1.29 is 0 Å². The molecule has 0 bridgehead atoms. The summed E-state index contributed by atoms with van der Waals surface area (Å²) in [5.74, 6) is 0. The third kappa shape index (κ3) is 1.75. The average molecular weight is 295 g/mol. The molecule has 0 aliphatic rings. The Balaban J connectivity index is 2.19. The van der Waals surface area contributed by atoms with Crippen LogP contribution in [0, 0.1) is 0 Å². The molecule has 3 aromatic carbocycles. The largest absolute Gasteiger partial charge is 0.134 e. The van der Waals surface area contributed by atoms with Gasteiger partial charge in [-0.25, -0.2) is 0 Å². The van der Waals surface area contributed by atoms with Gasteiger partial charge in [-0.05, 0) is 23.3 Å². The molecular weight excluding hydrogens is 284 g/mol. The molecule has 0 N–H and O–H groups in total.